The Kier molecular flexibility index (Phi) is 5.00. The molecule has 26 heavy (non-hydrogen) atoms. The molecular formula is C12H4Cl2N4O8. The van der Waals surface area contributed by atoms with E-state index in [-0.39, 0.29) is 0 Å². The third-order valence-electron chi connectivity index (χ3n) is 3.16. The Labute approximate surface area is 152 Å². The number of benzene rings is 2. The Morgan fingerprint density at radius 3 is 0.885 bits per heavy atom. The number of nitro groups is 4. The maximum atomic E-state index is 11.3. The summed E-state index contributed by atoms with van der Waals surface area (Å²) in [5, 5.41) is 44.4. The SMILES string of the molecule is O=[N+]([O-])c1cc(Cl)cc([N+](=O)[O-])c1-c1c([N+](=O)[O-])cc(Cl)cc1[N+](=O)[O-]. The van der Waals surface area contributed by atoms with Crippen LogP contribution in [0.4, 0.5) is 22.7 Å². The van der Waals surface area contributed by atoms with Crippen molar-refractivity contribution in [3.8, 4) is 11.1 Å². The maximum absolute atomic E-state index is 11.3. The summed E-state index contributed by atoms with van der Waals surface area (Å²) in [6.07, 6.45) is 0. The predicted molar refractivity (Wildman–Crippen MR) is 88.5 cm³/mol. The van der Waals surface area contributed by atoms with E-state index >= 15 is 0 Å². The molecule has 2 rings (SSSR count). The molecule has 0 spiro atoms. The van der Waals surface area contributed by atoms with E-state index in [9.17, 15) is 40.5 Å². The summed E-state index contributed by atoms with van der Waals surface area (Å²) >= 11 is 11.3. The lowest BCUT2D eigenvalue weighted by Gasteiger charge is -2.07. The lowest BCUT2D eigenvalue weighted by Crippen LogP contribution is -2.03. The maximum Gasteiger partial charge on any atom is 0.286 e. The first-order chi connectivity index (χ1) is 12.0. The molecule has 0 aliphatic rings. The lowest BCUT2D eigenvalue weighted by molar-refractivity contribution is -0.397. The number of halogens is 2. The van der Waals surface area contributed by atoms with Crippen molar-refractivity contribution < 1.29 is 19.7 Å². The molecule has 134 valence electrons. The van der Waals surface area contributed by atoms with Gasteiger partial charge in [0.1, 0.15) is 0 Å². The van der Waals surface area contributed by atoms with Gasteiger partial charge in [-0.1, -0.05) is 23.2 Å². The minimum absolute atomic E-state index is 0.397. The molecule has 12 nitrogen and oxygen atoms in total. The first-order valence-corrected chi connectivity index (χ1v) is 7.05. The Morgan fingerprint density at radius 1 is 0.538 bits per heavy atom. The first-order valence-electron chi connectivity index (χ1n) is 6.29. The first kappa shape index (κ1) is 19.0. The monoisotopic (exact) mass is 402 g/mol. The van der Waals surface area contributed by atoms with Crippen molar-refractivity contribution >= 4 is 46.0 Å². The molecule has 0 aliphatic heterocycles. The molecule has 14 heteroatoms. The van der Waals surface area contributed by atoms with Crippen LogP contribution in [0.25, 0.3) is 11.1 Å². The van der Waals surface area contributed by atoms with Gasteiger partial charge in [-0.15, -0.1) is 0 Å². The second-order valence-corrected chi connectivity index (χ2v) is 5.54. The topological polar surface area (TPSA) is 173 Å². The van der Waals surface area contributed by atoms with Crippen LogP contribution in [0, 0.1) is 40.5 Å². The summed E-state index contributed by atoms with van der Waals surface area (Å²) in [7, 11) is 0. The number of hydrogen-bond acceptors (Lipinski definition) is 8. The van der Waals surface area contributed by atoms with Crippen molar-refractivity contribution in [2.75, 3.05) is 0 Å². The van der Waals surface area contributed by atoms with Gasteiger partial charge < -0.3 is 0 Å². The molecule has 0 atom stereocenters. The van der Waals surface area contributed by atoms with Crippen LogP contribution in [-0.2, 0) is 0 Å². The molecule has 0 unspecified atom stereocenters. The van der Waals surface area contributed by atoms with Crippen LogP contribution in [0.2, 0.25) is 10.0 Å². The number of nitrogens with zero attached hydrogens (tertiary/aromatic N) is 4. The van der Waals surface area contributed by atoms with Gasteiger partial charge in [-0.25, -0.2) is 0 Å². The van der Waals surface area contributed by atoms with Gasteiger partial charge in [0, 0.05) is 24.3 Å². The van der Waals surface area contributed by atoms with Gasteiger partial charge in [-0.05, 0) is 0 Å². The zero-order valence-corrected chi connectivity index (χ0v) is 13.6. The van der Waals surface area contributed by atoms with E-state index < -0.39 is 63.6 Å². The minimum atomic E-state index is -1.09. The number of nitro benzene ring substituents is 4. The van der Waals surface area contributed by atoms with E-state index in [0.29, 0.717) is 24.3 Å². The fourth-order valence-corrected chi connectivity index (χ4v) is 2.66. The highest BCUT2D eigenvalue weighted by Crippen LogP contribution is 2.48. The van der Waals surface area contributed by atoms with E-state index in [4.69, 9.17) is 23.2 Å². The van der Waals surface area contributed by atoms with Gasteiger partial charge in [-0.3, -0.25) is 40.5 Å². The van der Waals surface area contributed by atoms with E-state index in [1.165, 1.54) is 0 Å². The average molecular weight is 403 g/mol. The lowest BCUT2D eigenvalue weighted by atomic mass is 9.98. The van der Waals surface area contributed by atoms with Crippen LogP contribution in [0.5, 0.6) is 0 Å². The van der Waals surface area contributed by atoms with Crippen LogP contribution in [0.15, 0.2) is 24.3 Å². The van der Waals surface area contributed by atoms with Crippen LogP contribution in [-0.4, -0.2) is 19.7 Å². The summed E-state index contributed by atoms with van der Waals surface area (Å²) in [6.45, 7) is 0. The minimum Gasteiger partial charge on any atom is -0.258 e. The van der Waals surface area contributed by atoms with E-state index in [1.807, 2.05) is 0 Å². The van der Waals surface area contributed by atoms with Gasteiger partial charge in [0.25, 0.3) is 22.7 Å². The van der Waals surface area contributed by atoms with Gasteiger partial charge >= 0.3 is 0 Å². The van der Waals surface area contributed by atoms with Crippen LogP contribution < -0.4 is 0 Å². The van der Waals surface area contributed by atoms with Crippen molar-refractivity contribution in [2.45, 2.75) is 0 Å². The summed E-state index contributed by atoms with van der Waals surface area (Å²) < 4.78 is 0. The second kappa shape index (κ2) is 6.85. The van der Waals surface area contributed by atoms with Gasteiger partial charge in [0.2, 0.25) is 0 Å². The summed E-state index contributed by atoms with van der Waals surface area (Å²) in [5.74, 6) is 0. The highest BCUT2D eigenvalue weighted by molar-refractivity contribution is 6.32. The molecule has 0 fully saturated rings. The zero-order valence-electron chi connectivity index (χ0n) is 12.1. The number of rotatable bonds is 5. The van der Waals surface area contributed by atoms with Gasteiger partial charge in [0.15, 0.2) is 11.1 Å². The fraction of sp³-hybridized carbons (Fsp3) is 0. The van der Waals surface area contributed by atoms with Crippen LogP contribution in [0.1, 0.15) is 0 Å². The van der Waals surface area contributed by atoms with E-state index in [1.54, 1.807) is 0 Å². The molecular weight excluding hydrogens is 399 g/mol. The fourth-order valence-electron chi connectivity index (χ4n) is 2.25. The van der Waals surface area contributed by atoms with Gasteiger partial charge in [0.05, 0.1) is 29.7 Å². The molecule has 2 aromatic rings. The number of hydrogen-bond donors (Lipinski definition) is 0. The van der Waals surface area contributed by atoms with Crippen molar-refractivity contribution in [1.82, 2.24) is 0 Å². The Hall–Kier alpha value is -3.38. The van der Waals surface area contributed by atoms with Crippen molar-refractivity contribution in [1.29, 1.82) is 0 Å². The summed E-state index contributed by atoms with van der Waals surface area (Å²) in [6, 6.07) is 2.80. The standard InChI is InChI=1S/C12H4Cl2N4O8/c13-5-1-7(15(19)20)11(8(2-5)16(21)22)12-9(17(23)24)3-6(14)4-10(12)18(25)26/h1-4H. The average Bonchev–Trinajstić information content (AvgIpc) is 2.53. The molecule has 0 aromatic heterocycles. The molecule has 0 N–H and O–H groups in total. The normalized spacial score (nSPS) is 10.4. The highest BCUT2D eigenvalue weighted by atomic mass is 35.5. The molecule has 2 aromatic carbocycles. The van der Waals surface area contributed by atoms with Crippen molar-refractivity contribution in [2.24, 2.45) is 0 Å². The highest BCUT2D eigenvalue weighted by Gasteiger charge is 2.38. The molecule has 0 heterocycles. The van der Waals surface area contributed by atoms with Crippen molar-refractivity contribution in [3.63, 3.8) is 0 Å². The van der Waals surface area contributed by atoms with E-state index in [0.717, 1.165) is 0 Å². The molecule has 0 bridgehead atoms. The molecule has 0 saturated heterocycles. The third-order valence-corrected chi connectivity index (χ3v) is 3.60. The zero-order chi connectivity index (χ0) is 19.8. The Morgan fingerprint density at radius 2 is 0.731 bits per heavy atom. The smallest absolute Gasteiger partial charge is 0.258 e. The van der Waals surface area contributed by atoms with Crippen LogP contribution in [0.3, 0.4) is 0 Å². The van der Waals surface area contributed by atoms with E-state index in [2.05, 4.69) is 0 Å². The van der Waals surface area contributed by atoms with Crippen LogP contribution >= 0.6 is 23.2 Å². The quantitative estimate of drug-likeness (QED) is 0.525. The second-order valence-electron chi connectivity index (χ2n) is 4.67. The molecule has 0 saturated carbocycles. The third kappa shape index (κ3) is 3.36. The Bertz CT molecular complexity index is 844. The molecule has 0 radical (unpaired) electrons. The molecule has 0 aliphatic carbocycles. The Balaban J connectivity index is 3.14. The summed E-state index contributed by atoms with van der Waals surface area (Å²) in [4.78, 5) is 40.9. The molecule has 0 amide bonds. The summed E-state index contributed by atoms with van der Waals surface area (Å²) in [5.41, 5.74) is -5.84. The van der Waals surface area contributed by atoms with Crippen molar-refractivity contribution in [3.05, 3.63) is 74.8 Å². The largest absolute Gasteiger partial charge is 0.286 e. The van der Waals surface area contributed by atoms with Gasteiger partial charge in [-0.2, -0.15) is 0 Å². The predicted octanol–water partition coefficient (Wildman–Crippen LogP) is 4.29.